The Balaban J connectivity index is 1.70. The summed E-state index contributed by atoms with van der Waals surface area (Å²) in [5, 5.41) is 0. The van der Waals surface area contributed by atoms with Crippen LogP contribution in [0.5, 0.6) is 0 Å². The Morgan fingerprint density at radius 3 is 2.18 bits per heavy atom. The minimum Gasteiger partial charge on any atom is -0.372 e. The highest BCUT2D eigenvalue weighted by atomic mass is 15.1. The predicted octanol–water partition coefficient (Wildman–Crippen LogP) is 3.09. The summed E-state index contributed by atoms with van der Waals surface area (Å²) in [6.45, 7) is 2.43. The van der Waals surface area contributed by atoms with Gasteiger partial charge in [-0.1, -0.05) is 18.6 Å². The molecule has 0 bridgehead atoms. The van der Waals surface area contributed by atoms with Crippen LogP contribution in [0.2, 0.25) is 0 Å². The van der Waals surface area contributed by atoms with E-state index < -0.39 is 0 Å². The van der Waals surface area contributed by atoms with Crippen LogP contribution in [0.25, 0.3) is 0 Å². The van der Waals surface area contributed by atoms with Crippen molar-refractivity contribution < 1.29 is 0 Å². The molecule has 1 aromatic rings. The molecule has 2 aliphatic rings. The zero-order valence-corrected chi connectivity index (χ0v) is 10.4. The van der Waals surface area contributed by atoms with Crippen molar-refractivity contribution >= 4 is 5.69 Å². The van der Waals surface area contributed by atoms with Crippen LogP contribution in [0.3, 0.4) is 0 Å². The Morgan fingerprint density at radius 1 is 1.00 bits per heavy atom. The SMILES string of the molecule is N[C@@H](c1ccc(N2CCCC2)cc1)C1CCC1. The fourth-order valence-corrected chi connectivity index (χ4v) is 2.95. The first-order valence-corrected chi connectivity index (χ1v) is 6.95. The molecule has 2 N–H and O–H groups in total. The molecule has 1 aromatic carbocycles. The number of anilines is 1. The molecule has 17 heavy (non-hydrogen) atoms. The predicted molar refractivity (Wildman–Crippen MR) is 72.2 cm³/mol. The summed E-state index contributed by atoms with van der Waals surface area (Å²) in [6.07, 6.45) is 6.67. The highest BCUT2D eigenvalue weighted by Gasteiger charge is 2.25. The molecule has 1 aliphatic heterocycles. The Bertz CT molecular complexity index is 361. The van der Waals surface area contributed by atoms with Crippen LogP contribution in [-0.2, 0) is 0 Å². The van der Waals surface area contributed by atoms with E-state index in [0.29, 0.717) is 0 Å². The first kappa shape index (κ1) is 11.1. The molecule has 1 heterocycles. The van der Waals surface area contributed by atoms with E-state index in [1.807, 2.05) is 0 Å². The second-order valence-corrected chi connectivity index (χ2v) is 5.50. The maximum atomic E-state index is 6.29. The first-order chi connectivity index (χ1) is 8.34. The third kappa shape index (κ3) is 2.19. The monoisotopic (exact) mass is 230 g/mol. The van der Waals surface area contributed by atoms with E-state index in [2.05, 4.69) is 29.2 Å². The lowest BCUT2D eigenvalue weighted by atomic mass is 9.77. The summed E-state index contributed by atoms with van der Waals surface area (Å²) >= 11 is 0. The maximum Gasteiger partial charge on any atom is 0.0366 e. The lowest BCUT2D eigenvalue weighted by Gasteiger charge is -2.31. The van der Waals surface area contributed by atoms with Crippen LogP contribution in [0.1, 0.15) is 43.7 Å². The van der Waals surface area contributed by atoms with Gasteiger partial charge in [0.1, 0.15) is 0 Å². The molecule has 3 rings (SSSR count). The van der Waals surface area contributed by atoms with Crippen molar-refractivity contribution in [2.75, 3.05) is 18.0 Å². The summed E-state index contributed by atoms with van der Waals surface area (Å²) in [6, 6.07) is 9.22. The van der Waals surface area contributed by atoms with Crippen molar-refractivity contribution in [2.24, 2.45) is 11.7 Å². The van der Waals surface area contributed by atoms with E-state index in [-0.39, 0.29) is 6.04 Å². The van der Waals surface area contributed by atoms with Crippen molar-refractivity contribution in [3.8, 4) is 0 Å². The summed E-state index contributed by atoms with van der Waals surface area (Å²) < 4.78 is 0. The molecule has 0 spiro atoms. The summed E-state index contributed by atoms with van der Waals surface area (Å²) in [5.74, 6) is 0.729. The third-order valence-corrected chi connectivity index (χ3v) is 4.41. The van der Waals surface area contributed by atoms with Crippen LogP contribution in [0, 0.1) is 5.92 Å². The van der Waals surface area contributed by atoms with Crippen LogP contribution in [-0.4, -0.2) is 13.1 Å². The van der Waals surface area contributed by atoms with Crippen molar-refractivity contribution in [3.05, 3.63) is 29.8 Å². The number of hydrogen-bond donors (Lipinski definition) is 1. The van der Waals surface area contributed by atoms with E-state index in [0.717, 1.165) is 5.92 Å². The van der Waals surface area contributed by atoms with E-state index >= 15 is 0 Å². The molecule has 0 unspecified atom stereocenters. The van der Waals surface area contributed by atoms with Crippen molar-refractivity contribution in [1.29, 1.82) is 0 Å². The normalized spacial score (nSPS) is 22.5. The summed E-state index contributed by atoms with van der Waals surface area (Å²) in [5.41, 5.74) is 8.98. The van der Waals surface area contributed by atoms with Gasteiger partial charge in [0, 0.05) is 24.8 Å². The number of rotatable bonds is 3. The van der Waals surface area contributed by atoms with Crippen LogP contribution < -0.4 is 10.6 Å². The van der Waals surface area contributed by atoms with Crippen molar-refractivity contribution in [3.63, 3.8) is 0 Å². The Morgan fingerprint density at radius 2 is 1.65 bits per heavy atom. The van der Waals surface area contributed by atoms with Crippen LogP contribution >= 0.6 is 0 Å². The summed E-state index contributed by atoms with van der Waals surface area (Å²) in [7, 11) is 0. The lowest BCUT2D eigenvalue weighted by molar-refractivity contribution is 0.264. The van der Waals surface area contributed by atoms with Crippen molar-refractivity contribution in [2.45, 2.75) is 38.1 Å². The third-order valence-electron chi connectivity index (χ3n) is 4.41. The molecule has 0 amide bonds. The zero-order chi connectivity index (χ0) is 11.7. The largest absolute Gasteiger partial charge is 0.372 e. The number of nitrogens with zero attached hydrogens (tertiary/aromatic N) is 1. The fraction of sp³-hybridized carbons (Fsp3) is 0.600. The fourth-order valence-electron chi connectivity index (χ4n) is 2.95. The molecule has 92 valence electrons. The Hall–Kier alpha value is -1.02. The average Bonchev–Trinajstić information content (AvgIpc) is 2.80. The number of hydrogen-bond acceptors (Lipinski definition) is 2. The van der Waals surface area contributed by atoms with Crippen LogP contribution in [0.15, 0.2) is 24.3 Å². The van der Waals surface area contributed by atoms with Gasteiger partial charge < -0.3 is 10.6 Å². The van der Waals surface area contributed by atoms with Gasteiger partial charge in [0.05, 0.1) is 0 Å². The average molecular weight is 230 g/mol. The molecule has 0 aromatic heterocycles. The Labute approximate surface area is 104 Å². The maximum absolute atomic E-state index is 6.29. The minimum absolute atomic E-state index is 0.261. The molecule has 2 fully saturated rings. The van der Waals surface area contributed by atoms with E-state index in [4.69, 9.17) is 5.73 Å². The molecule has 2 nitrogen and oxygen atoms in total. The quantitative estimate of drug-likeness (QED) is 0.864. The summed E-state index contributed by atoms with van der Waals surface area (Å²) in [4.78, 5) is 2.47. The van der Waals surface area contributed by atoms with Crippen LogP contribution in [0.4, 0.5) is 5.69 Å². The topological polar surface area (TPSA) is 29.3 Å². The molecular formula is C15H22N2. The van der Waals surface area contributed by atoms with Gasteiger partial charge in [0.25, 0.3) is 0 Å². The van der Waals surface area contributed by atoms with Gasteiger partial charge in [-0.2, -0.15) is 0 Å². The zero-order valence-electron chi connectivity index (χ0n) is 10.4. The Kier molecular flexibility index (Phi) is 3.06. The number of benzene rings is 1. The van der Waals surface area contributed by atoms with Gasteiger partial charge in [-0.3, -0.25) is 0 Å². The molecule has 1 atom stereocenters. The second kappa shape index (κ2) is 4.69. The molecule has 0 radical (unpaired) electrons. The standard InChI is InChI=1S/C15H22N2/c16-15(12-4-3-5-12)13-6-8-14(9-7-13)17-10-1-2-11-17/h6-9,12,15H,1-5,10-11,16H2/t15-/m1/s1. The molecular weight excluding hydrogens is 208 g/mol. The molecule has 1 saturated heterocycles. The smallest absolute Gasteiger partial charge is 0.0366 e. The first-order valence-electron chi connectivity index (χ1n) is 6.95. The van der Waals surface area contributed by atoms with Crippen molar-refractivity contribution in [1.82, 2.24) is 0 Å². The van der Waals surface area contributed by atoms with Gasteiger partial charge in [0.15, 0.2) is 0 Å². The van der Waals surface area contributed by atoms with Gasteiger partial charge in [0.2, 0.25) is 0 Å². The highest BCUT2D eigenvalue weighted by Crippen LogP contribution is 2.36. The molecule has 2 heteroatoms. The molecule has 1 saturated carbocycles. The van der Waals surface area contributed by atoms with Gasteiger partial charge >= 0.3 is 0 Å². The van der Waals surface area contributed by atoms with E-state index in [1.54, 1.807) is 0 Å². The van der Waals surface area contributed by atoms with Gasteiger partial charge in [-0.25, -0.2) is 0 Å². The second-order valence-electron chi connectivity index (χ2n) is 5.50. The lowest BCUT2D eigenvalue weighted by Crippen LogP contribution is -2.26. The highest BCUT2D eigenvalue weighted by molar-refractivity contribution is 5.48. The molecule has 1 aliphatic carbocycles. The van der Waals surface area contributed by atoms with E-state index in [1.165, 1.54) is 56.4 Å². The van der Waals surface area contributed by atoms with Gasteiger partial charge in [-0.15, -0.1) is 0 Å². The van der Waals surface area contributed by atoms with Gasteiger partial charge in [-0.05, 0) is 49.3 Å². The van der Waals surface area contributed by atoms with E-state index in [9.17, 15) is 0 Å². The minimum atomic E-state index is 0.261. The number of nitrogens with two attached hydrogens (primary N) is 1.